The Hall–Kier alpha value is -1.22. The van der Waals surface area contributed by atoms with E-state index in [-0.39, 0.29) is 5.75 Å². The number of hydrogen-bond donors (Lipinski definition) is 1. The Bertz CT molecular complexity index is 427. The fourth-order valence-electron chi connectivity index (χ4n) is 3.26. The Morgan fingerprint density at radius 2 is 2.00 bits per heavy atom. The molecule has 1 heterocycles. The number of phenols is 1. The van der Waals surface area contributed by atoms with Crippen LogP contribution in [0.4, 0.5) is 0 Å². The molecule has 0 spiro atoms. The van der Waals surface area contributed by atoms with Gasteiger partial charge in [0.2, 0.25) is 0 Å². The summed E-state index contributed by atoms with van der Waals surface area (Å²) < 4.78 is 5.70. The molecule has 1 aliphatic carbocycles. The number of rotatable bonds is 2. The Labute approximate surface area is 108 Å². The molecule has 3 nitrogen and oxygen atoms in total. The molecule has 1 N–H and O–H groups in total. The van der Waals surface area contributed by atoms with E-state index in [1.54, 1.807) is 12.1 Å². The molecule has 98 valence electrons. The van der Waals surface area contributed by atoms with E-state index in [1.165, 1.54) is 37.7 Å². The Morgan fingerprint density at radius 3 is 2.78 bits per heavy atom. The lowest BCUT2D eigenvalue weighted by Crippen LogP contribution is -2.37. The summed E-state index contributed by atoms with van der Waals surface area (Å²) in [6.07, 6.45) is 6.70. The van der Waals surface area contributed by atoms with Gasteiger partial charge in [0.05, 0.1) is 6.04 Å². The Balaban J connectivity index is 1.78. The van der Waals surface area contributed by atoms with Crippen molar-refractivity contribution in [3.63, 3.8) is 0 Å². The van der Waals surface area contributed by atoms with E-state index in [2.05, 4.69) is 11.9 Å². The molecule has 1 saturated carbocycles. The molecular weight excluding hydrogens is 226 g/mol. The molecule has 1 atom stereocenters. The molecular formula is C15H21NO2. The van der Waals surface area contributed by atoms with E-state index in [4.69, 9.17) is 4.74 Å². The van der Waals surface area contributed by atoms with E-state index in [9.17, 15) is 5.11 Å². The number of aromatic hydroxyl groups is 1. The van der Waals surface area contributed by atoms with Gasteiger partial charge in [0.15, 0.2) is 0 Å². The average Bonchev–Trinajstić information content (AvgIpc) is 2.81. The van der Waals surface area contributed by atoms with Crippen LogP contribution < -0.4 is 4.74 Å². The third kappa shape index (κ3) is 2.07. The van der Waals surface area contributed by atoms with E-state index < -0.39 is 0 Å². The first-order chi connectivity index (χ1) is 8.75. The van der Waals surface area contributed by atoms with Gasteiger partial charge in [-0.1, -0.05) is 19.3 Å². The summed E-state index contributed by atoms with van der Waals surface area (Å²) in [5.74, 6) is 1.14. The van der Waals surface area contributed by atoms with Crippen molar-refractivity contribution in [2.24, 2.45) is 0 Å². The normalized spacial score (nSPS) is 24.0. The number of fused-ring (bicyclic) bond motifs is 1. The average molecular weight is 247 g/mol. The highest BCUT2D eigenvalue weighted by Gasteiger charge is 2.32. The number of nitrogens with zero attached hydrogens (tertiary/aromatic N) is 1. The smallest absolute Gasteiger partial charge is 0.127 e. The Kier molecular flexibility index (Phi) is 3.16. The first-order valence-electron chi connectivity index (χ1n) is 6.93. The van der Waals surface area contributed by atoms with Gasteiger partial charge in [-0.2, -0.15) is 0 Å². The van der Waals surface area contributed by atoms with Gasteiger partial charge in [0.25, 0.3) is 0 Å². The van der Waals surface area contributed by atoms with Crippen LogP contribution in [0.1, 0.15) is 43.7 Å². The van der Waals surface area contributed by atoms with Crippen molar-refractivity contribution in [1.29, 1.82) is 0 Å². The molecule has 0 amide bonds. The second kappa shape index (κ2) is 4.81. The molecule has 0 radical (unpaired) electrons. The highest BCUT2D eigenvalue weighted by molar-refractivity contribution is 5.44. The van der Waals surface area contributed by atoms with Crippen LogP contribution >= 0.6 is 0 Å². The summed E-state index contributed by atoms with van der Waals surface area (Å²) in [7, 11) is 2.21. The second-order valence-corrected chi connectivity index (χ2v) is 5.51. The molecule has 0 saturated heterocycles. The van der Waals surface area contributed by atoms with Gasteiger partial charge < -0.3 is 9.84 Å². The fraction of sp³-hybridized carbons (Fsp3) is 0.600. The largest absolute Gasteiger partial charge is 0.508 e. The third-order valence-electron chi connectivity index (χ3n) is 4.40. The molecule has 3 heteroatoms. The molecule has 1 aromatic carbocycles. The molecule has 2 aliphatic rings. The maximum atomic E-state index is 9.48. The zero-order valence-corrected chi connectivity index (χ0v) is 10.9. The lowest BCUT2D eigenvalue weighted by atomic mass is 9.93. The quantitative estimate of drug-likeness (QED) is 0.871. The number of hydrogen-bond acceptors (Lipinski definition) is 3. The van der Waals surface area contributed by atoms with Crippen molar-refractivity contribution < 1.29 is 9.84 Å². The van der Waals surface area contributed by atoms with Crippen LogP contribution in [0.25, 0.3) is 0 Å². The zero-order valence-electron chi connectivity index (χ0n) is 10.9. The molecule has 0 aromatic heterocycles. The van der Waals surface area contributed by atoms with Crippen molar-refractivity contribution in [3.8, 4) is 11.5 Å². The van der Waals surface area contributed by atoms with Gasteiger partial charge in [-0.3, -0.25) is 4.90 Å². The van der Waals surface area contributed by atoms with Gasteiger partial charge in [-0.15, -0.1) is 0 Å². The predicted octanol–water partition coefficient (Wildman–Crippen LogP) is 3.09. The third-order valence-corrected chi connectivity index (χ3v) is 4.40. The van der Waals surface area contributed by atoms with Crippen LogP contribution in [0, 0.1) is 0 Å². The van der Waals surface area contributed by atoms with Crippen LogP contribution in [0.15, 0.2) is 18.2 Å². The van der Waals surface area contributed by atoms with Crippen molar-refractivity contribution in [2.75, 3.05) is 13.7 Å². The Morgan fingerprint density at radius 1 is 1.22 bits per heavy atom. The minimum absolute atomic E-state index is 0.287. The standard InChI is InChI=1S/C15H21NO2/c1-16(11-5-3-2-4-6-11)14-10-18-15-9-12(17)7-8-13(14)15/h7-9,11,14,17H,2-6,10H2,1H3. The van der Waals surface area contributed by atoms with Crippen molar-refractivity contribution in [2.45, 2.75) is 44.2 Å². The van der Waals surface area contributed by atoms with Crippen LogP contribution in [-0.2, 0) is 0 Å². The second-order valence-electron chi connectivity index (χ2n) is 5.51. The van der Waals surface area contributed by atoms with Crippen LogP contribution in [0.3, 0.4) is 0 Å². The van der Waals surface area contributed by atoms with Crippen molar-refractivity contribution in [3.05, 3.63) is 23.8 Å². The number of phenolic OH excluding ortho intramolecular Hbond substituents is 1. The number of ether oxygens (including phenoxy) is 1. The molecule has 1 aromatic rings. The summed E-state index contributed by atoms with van der Waals surface area (Å²) in [6, 6.07) is 6.52. The summed E-state index contributed by atoms with van der Waals surface area (Å²) in [5.41, 5.74) is 1.22. The maximum absolute atomic E-state index is 9.48. The van der Waals surface area contributed by atoms with E-state index in [0.717, 1.165) is 5.75 Å². The van der Waals surface area contributed by atoms with Crippen molar-refractivity contribution in [1.82, 2.24) is 4.90 Å². The SMILES string of the molecule is CN(C1CCCCC1)C1COc2cc(O)ccc21. The molecule has 18 heavy (non-hydrogen) atoms. The minimum atomic E-state index is 0.287. The van der Waals surface area contributed by atoms with Crippen LogP contribution in [-0.4, -0.2) is 29.7 Å². The van der Waals surface area contributed by atoms with Crippen molar-refractivity contribution >= 4 is 0 Å². The first-order valence-corrected chi connectivity index (χ1v) is 6.93. The minimum Gasteiger partial charge on any atom is -0.508 e. The molecule has 1 fully saturated rings. The maximum Gasteiger partial charge on any atom is 0.127 e. The number of likely N-dealkylation sites (N-methyl/N-ethyl adjacent to an activating group) is 1. The van der Waals surface area contributed by atoms with Gasteiger partial charge in [0.1, 0.15) is 18.1 Å². The monoisotopic (exact) mass is 247 g/mol. The summed E-state index contributed by atoms with van der Waals surface area (Å²) in [5, 5.41) is 9.48. The van der Waals surface area contributed by atoms with E-state index in [0.29, 0.717) is 18.7 Å². The highest BCUT2D eigenvalue weighted by atomic mass is 16.5. The predicted molar refractivity (Wildman–Crippen MR) is 71.0 cm³/mol. The lowest BCUT2D eigenvalue weighted by molar-refractivity contribution is 0.118. The van der Waals surface area contributed by atoms with Gasteiger partial charge >= 0.3 is 0 Å². The molecule has 3 rings (SSSR count). The summed E-state index contributed by atoms with van der Waals surface area (Å²) in [6.45, 7) is 0.714. The number of benzene rings is 1. The molecule has 0 bridgehead atoms. The molecule has 1 aliphatic heterocycles. The van der Waals surface area contributed by atoms with Crippen LogP contribution in [0.5, 0.6) is 11.5 Å². The lowest BCUT2D eigenvalue weighted by Gasteiger charge is -2.34. The zero-order chi connectivity index (χ0) is 12.5. The van der Waals surface area contributed by atoms with Gasteiger partial charge in [-0.05, 0) is 32.0 Å². The van der Waals surface area contributed by atoms with Gasteiger partial charge in [0, 0.05) is 17.7 Å². The van der Waals surface area contributed by atoms with Gasteiger partial charge in [-0.25, -0.2) is 0 Å². The van der Waals surface area contributed by atoms with Crippen LogP contribution in [0.2, 0.25) is 0 Å². The molecule has 1 unspecified atom stereocenters. The summed E-state index contributed by atoms with van der Waals surface area (Å²) in [4.78, 5) is 2.47. The van der Waals surface area contributed by atoms with E-state index in [1.807, 2.05) is 6.07 Å². The highest BCUT2D eigenvalue weighted by Crippen LogP contribution is 2.39. The summed E-state index contributed by atoms with van der Waals surface area (Å²) >= 11 is 0. The fourth-order valence-corrected chi connectivity index (χ4v) is 3.26. The first kappa shape index (κ1) is 11.8. The van der Waals surface area contributed by atoms with E-state index >= 15 is 0 Å². The topological polar surface area (TPSA) is 32.7 Å².